The van der Waals surface area contributed by atoms with E-state index in [0.29, 0.717) is 40.9 Å². The first-order valence-electron chi connectivity index (χ1n) is 11.0. The van der Waals surface area contributed by atoms with Crippen LogP contribution in [0.5, 0.6) is 5.75 Å². The number of esters is 1. The van der Waals surface area contributed by atoms with Crippen molar-refractivity contribution < 1.29 is 28.6 Å². The Labute approximate surface area is 208 Å². The smallest absolute Gasteiger partial charge is 0.357 e. The van der Waals surface area contributed by atoms with Crippen molar-refractivity contribution in [2.45, 2.75) is 20.8 Å². The summed E-state index contributed by atoms with van der Waals surface area (Å²) in [7, 11) is 1.27. The molecule has 0 aliphatic rings. The summed E-state index contributed by atoms with van der Waals surface area (Å²) in [6, 6.07) is 12.6. The fourth-order valence-corrected chi connectivity index (χ4v) is 3.17. The first-order valence-corrected chi connectivity index (χ1v) is 11.0. The number of aromatic hydroxyl groups is 1. The van der Waals surface area contributed by atoms with Crippen molar-refractivity contribution in [3.05, 3.63) is 89.0 Å². The fraction of sp³-hybridized carbons (Fsp3) is 0.185. The Morgan fingerprint density at radius 2 is 1.86 bits per heavy atom. The largest absolute Gasteiger partial charge is 0.508 e. The summed E-state index contributed by atoms with van der Waals surface area (Å²) < 4.78 is 17.8. The first kappa shape index (κ1) is 27.7. The van der Waals surface area contributed by atoms with Gasteiger partial charge in [-0.05, 0) is 56.7 Å². The summed E-state index contributed by atoms with van der Waals surface area (Å²) in [6.45, 7) is 5.64. The van der Waals surface area contributed by atoms with Gasteiger partial charge in [0.2, 0.25) is 6.41 Å². The summed E-state index contributed by atoms with van der Waals surface area (Å²) in [5.74, 6) is -1.32. The Bertz CT molecular complexity index is 1270. The van der Waals surface area contributed by atoms with Crippen molar-refractivity contribution in [3.8, 4) is 16.9 Å². The number of benzene rings is 2. The zero-order valence-corrected chi connectivity index (χ0v) is 20.5. The lowest BCUT2D eigenvalue weighted by Crippen LogP contribution is -2.24. The number of nitrogens with zero attached hydrogens (tertiary/aromatic N) is 1. The molecule has 3 aromatic rings. The van der Waals surface area contributed by atoms with Gasteiger partial charge in [-0.1, -0.05) is 30.4 Å². The number of aryl methyl sites for hydroxylation is 2. The quantitative estimate of drug-likeness (QED) is 0.252. The van der Waals surface area contributed by atoms with Gasteiger partial charge >= 0.3 is 5.97 Å². The molecule has 8 nitrogen and oxygen atoms in total. The van der Waals surface area contributed by atoms with Crippen molar-refractivity contribution in [1.29, 1.82) is 0 Å². The molecule has 2 aromatic carbocycles. The molecule has 1 heterocycles. The third-order valence-corrected chi connectivity index (χ3v) is 4.97. The van der Waals surface area contributed by atoms with E-state index >= 15 is 0 Å². The van der Waals surface area contributed by atoms with E-state index in [1.165, 1.54) is 31.4 Å². The van der Waals surface area contributed by atoms with Gasteiger partial charge in [-0.2, -0.15) is 0 Å². The van der Waals surface area contributed by atoms with E-state index in [9.17, 15) is 23.9 Å². The van der Waals surface area contributed by atoms with Gasteiger partial charge < -0.3 is 20.5 Å². The number of methoxy groups -OCH3 is 1. The number of rotatable bonds is 7. The van der Waals surface area contributed by atoms with Gasteiger partial charge in [0.25, 0.3) is 5.91 Å². The lowest BCUT2D eigenvalue weighted by molar-refractivity contribution is -0.105. The highest BCUT2D eigenvalue weighted by Crippen LogP contribution is 2.30. The number of carbonyl (C=O) groups excluding carboxylic acids is 3. The Balaban J connectivity index is 0.000000346. The summed E-state index contributed by atoms with van der Waals surface area (Å²) in [4.78, 5) is 38.7. The van der Waals surface area contributed by atoms with Crippen LogP contribution >= 0.6 is 0 Å². The number of hydrogen-bond acceptors (Lipinski definition) is 6. The number of amides is 2. The average molecular weight is 494 g/mol. The van der Waals surface area contributed by atoms with Gasteiger partial charge in [0, 0.05) is 28.9 Å². The lowest BCUT2D eigenvalue weighted by atomic mass is 9.97. The van der Waals surface area contributed by atoms with E-state index < -0.39 is 5.97 Å². The molecule has 0 radical (unpaired) electrons. The maximum atomic E-state index is 13.0. The van der Waals surface area contributed by atoms with Crippen LogP contribution < -0.4 is 10.6 Å². The van der Waals surface area contributed by atoms with Crippen LogP contribution in [0.2, 0.25) is 0 Å². The predicted molar refractivity (Wildman–Crippen MR) is 135 cm³/mol. The number of halogens is 1. The van der Waals surface area contributed by atoms with Crippen molar-refractivity contribution in [2.24, 2.45) is 0 Å². The summed E-state index contributed by atoms with van der Waals surface area (Å²) in [5.41, 5.74) is 2.64. The monoisotopic (exact) mass is 493 g/mol. The van der Waals surface area contributed by atoms with Crippen LogP contribution in [-0.2, 0) is 9.53 Å². The third kappa shape index (κ3) is 7.23. The van der Waals surface area contributed by atoms with Crippen LogP contribution in [-0.4, -0.2) is 42.0 Å². The SMILES string of the molecule is C/C=C\CNC(=O)c1ccc(O)cc1-c1ccc(C)nc1C(=O)OC.Cc1cccc(NC=O)c1F. The zero-order valence-electron chi connectivity index (χ0n) is 20.5. The molecular weight excluding hydrogens is 465 g/mol. The molecule has 0 unspecified atom stereocenters. The molecular formula is C27H28FN3O5. The van der Waals surface area contributed by atoms with Crippen LogP contribution in [0.1, 0.15) is 39.0 Å². The Hall–Kier alpha value is -4.53. The van der Waals surface area contributed by atoms with Gasteiger partial charge in [0.1, 0.15) is 11.6 Å². The highest BCUT2D eigenvalue weighted by molar-refractivity contribution is 6.04. The normalized spacial score (nSPS) is 10.2. The van der Waals surface area contributed by atoms with Gasteiger partial charge in [-0.25, -0.2) is 14.2 Å². The molecule has 36 heavy (non-hydrogen) atoms. The average Bonchev–Trinajstić information content (AvgIpc) is 2.87. The molecule has 0 fully saturated rings. The number of aromatic nitrogens is 1. The topological polar surface area (TPSA) is 118 Å². The van der Waals surface area contributed by atoms with Gasteiger partial charge in [-0.3, -0.25) is 9.59 Å². The maximum absolute atomic E-state index is 13.0. The number of allylic oxidation sites excluding steroid dienone is 1. The molecule has 0 spiro atoms. The van der Waals surface area contributed by atoms with Gasteiger partial charge in [0.05, 0.1) is 12.8 Å². The Morgan fingerprint density at radius 3 is 2.53 bits per heavy atom. The third-order valence-electron chi connectivity index (χ3n) is 4.97. The minimum atomic E-state index is -0.609. The highest BCUT2D eigenvalue weighted by atomic mass is 19.1. The van der Waals surface area contributed by atoms with E-state index in [1.807, 2.05) is 19.1 Å². The molecule has 1 aromatic heterocycles. The molecule has 0 atom stereocenters. The van der Waals surface area contributed by atoms with Crippen LogP contribution in [0, 0.1) is 19.7 Å². The molecule has 3 N–H and O–H groups in total. The predicted octanol–water partition coefficient (Wildman–Crippen LogP) is 4.56. The summed E-state index contributed by atoms with van der Waals surface area (Å²) in [5, 5.41) is 14.9. The fourth-order valence-electron chi connectivity index (χ4n) is 3.17. The number of carbonyl (C=O) groups is 3. The Morgan fingerprint density at radius 1 is 1.11 bits per heavy atom. The van der Waals surface area contributed by atoms with Crippen molar-refractivity contribution in [2.75, 3.05) is 19.0 Å². The van der Waals surface area contributed by atoms with E-state index in [1.54, 1.807) is 38.1 Å². The molecule has 0 aliphatic carbocycles. The van der Waals surface area contributed by atoms with Crippen molar-refractivity contribution in [3.63, 3.8) is 0 Å². The van der Waals surface area contributed by atoms with Gasteiger partial charge in [-0.15, -0.1) is 0 Å². The van der Waals surface area contributed by atoms with Crippen molar-refractivity contribution in [1.82, 2.24) is 10.3 Å². The van der Waals surface area contributed by atoms with E-state index in [4.69, 9.17) is 4.74 Å². The molecule has 0 saturated heterocycles. The van der Waals surface area contributed by atoms with Crippen LogP contribution in [0.25, 0.3) is 11.1 Å². The van der Waals surface area contributed by atoms with E-state index in [-0.39, 0.29) is 28.9 Å². The van der Waals surface area contributed by atoms with E-state index in [0.717, 1.165) is 0 Å². The second-order valence-corrected chi connectivity index (χ2v) is 7.55. The second kappa shape index (κ2) is 13.4. The number of pyridine rings is 1. The Kier molecular flexibility index (Phi) is 10.3. The standard InChI is InChI=1S/C19H20N2O4.C8H8FNO/c1-4-5-10-20-18(23)15-9-7-13(22)11-16(15)14-8-6-12(2)21-17(14)19(24)25-3;1-6-3-2-4-7(8(6)9)10-5-11/h4-9,11,22H,10H2,1-3H3,(H,20,23);2-5H,1H3,(H,10,11)/b5-4-;. The number of hydrogen-bond donors (Lipinski definition) is 3. The minimum Gasteiger partial charge on any atom is -0.508 e. The minimum absolute atomic E-state index is 0.0172. The molecule has 188 valence electrons. The van der Waals surface area contributed by atoms with Crippen LogP contribution in [0.4, 0.5) is 10.1 Å². The molecule has 2 amide bonds. The number of anilines is 1. The molecule has 9 heteroatoms. The number of nitrogens with one attached hydrogen (secondary N) is 2. The molecule has 0 bridgehead atoms. The van der Waals surface area contributed by atoms with E-state index in [2.05, 4.69) is 15.6 Å². The van der Waals surface area contributed by atoms with Crippen LogP contribution in [0.15, 0.2) is 60.7 Å². The second-order valence-electron chi connectivity index (χ2n) is 7.55. The highest BCUT2D eigenvalue weighted by Gasteiger charge is 2.21. The number of ether oxygens (including phenoxy) is 1. The summed E-state index contributed by atoms with van der Waals surface area (Å²) >= 11 is 0. The maximum Gasteiger partial charge on any atom is 0.357 e. The number of phenolic OH excluding ortho intramolecular Hbond substituents is 1. The van der Waals surface area contributed by atoms with Gasteiger partial charge in [0.15, 0.2) is 5.69 Å². The van der Waals surface area contributed by atoms with Crippen molar-refractivity contribution >= 4 is 24.0 Å². The zero-order chi connectivity index (χ0) is 26.7. The lowest BCUT2D eigenvalue weighted by Gasteiger charge is -2.13. The van der Waals surface area contributed by atoms with Crippen LogP contribution in [0.3, 0.4) is 0 Å². The first-order chi connectivity index (χ1) is 17.2. The molecule has 0 saturated carbocycles. The molecule has 3 rings (SSSR count). The summed E-state index contributed by atoms with van der Waals surface area (Å²) in [6.07, 6.45) is 4.10. The molecule has 0 aliphatic heterocycles. The number of phenols is 1.